The molecule has 104 valence electrons. The van der Waals surface area contributed by atoms with Crippen molar-refractivity contribution in [3.8, 4) is 6.07 Å². The van der Waals surface area contributed by atoms with Crippen molar-refractivity contribution in [2.24, 2.45) is 0 Å². The van der Waals surface area contributed by atoms with Crippen molar-refractivity contribution in [3.63, 3.8) is 0 Å². The highest BCUT2D eigenvalue weighted by Gasteiger charge is 2.31. The highest BCUT2D eigenvalue weighted by molar-refractivity contribution is 7.99. The van der Waals surface area contributed by atoms with Crippen LogP contribution in [0.15, 0.2) is 32.7 Å². The number of hydrogen-bond donors (Lipinski definition) is 0. The number of nitrogens with zero attached hydrogens (tertiary/aromatic N) is 2. The van der Waals surface area contributed by atoms with Crippen LogP contribution in [-0.2, 0) is 6.18 Å². The van der Waals surface area contributed by atoms with Crippen molar-refractivity contribution in [3.05, 3.63) is 40.8 Å². The zero-order valence-corrected chi connectivity index (χ0v) is 11.4. The molecule has 2 aromatic rings. The average molecular weight is 298 g/mol. The highest BCUT2D eigenvalue weighted by atomic mass is 32.2. The predicted molar refractivity (Wildman–Crippen MR) is 66.3 cm³/mol. The van der Waals surface area contributed by atoms with E-state index in [4.69, 9.17) is 9.68 Å². The Bertz CT molecular complexity index is 666. The third kappa shape index (κ3) is 2.96. The molecule has 0 aliphatic rings. The molecule has 0 amide bonds. The average Bonchev–Trinajstić information content (AvgIpc) is 2.67. The second-order valence-corrected chi connectivity index (χ2v) is 5.04. The topological polar surface area (TPSA) is 49.8 Å². The summed E-state index contributed by atoms with van der Waals surface area (Å²) in [4.78, 5) is 4.49. The monoisotopic (exact) mass is 298 g/mol. The number of rotatable bonds is 2. The van der Waals surface area contributed by atoms with Gasteiger partial charge in [0.05, 0.1) is 16.8 Å². The molecule has 0 saturated carbocycles. The largest absolute Gasteiger partial charge is 0.436 e. The van der Waals surface area contributed by atoms with E-state index in [1.807, 2.05) is 0 Å². The SMILES string of the molecule is Cc1nc(Sc2ccc(C(F)(F)F)cc2C#N)oc1C. The highest BCUT2D eigenvalue weighted by Crippen LogP contribution is 2.35. The molecule has 0 aliphatic heterocycles. The fourth-order valence-corrected chi connectivity index (χ4v) is 2.35. The predicted octanol–water partition coefficient (Wildman–Crippen LogP) is 4.33. The summed E-state index contributed by atoms with van der Waals surface area (Å²) in [5.74, 6) is 0.637. The Morgan fingerprint density at radius 3 is 2.50 bits per heavy atom. The maximum Gasteiger partial charge on any atom is 0.416 e. The molecule has 0 atom stereocenters. The van der Waals surface area contributed by atoms with Gasteiger partial charge in [0.2, 0.25) is 0 Å². The van der Waals surface area contributed by atoms with Crippen LogP contribution >= 0.6 is 11.8 Å². The van der Waals surface area contributed by atoms with Gasteiger partial charge in [-0.3, -0.25) is 0 Å². The summed E-state index contributed by atoms with van der Waals surface area (Å²) in [5, 5.41) is 9.27. The molecular formula is C13H9F3N2OS. The van der Waals surface area contributed by atoms with Crippen LogP contribution in [0.3, 0.4) is 0 Å². The molecule has 0 unspecified atom stereocenters. The van der Waals surface area contributed by atoms with Gasteiger partial charge in [0.1, 0.15) is 11.8 Å². The summed E-state index contributed by atoms with van der Waals surface area (Å²) in [6, 6.07) is 4.77. The molecule has 0 N–H and O–H groups in total. The third-order valence-electron chi connectivity index (χ3n) is 2.63. The van der Waals surface area contributed by atoms with E-state index in [9.17, 15) is 13.2 Å². The van der Waals surface area contributed by atoms with Crippen LogP contribution in [0.2, 0.25) is 0 Å². The van der Waals surface area contributed by atoms with Crippen molar-refractivity contribution >= 4 is 11.8 Å². The minimum absolute atomic E-state index is 0.0571. The van der Waals surface area contributed by atoms with Crippen LogP contribution in [0, 0.1) is 25.2 Å². The Balaban J connectivity index is 2.36. The third-order valence-corrected chi connectivity index (χ3v) is 3.56. The Kier molecular flexibility index (Phi) is 3.77. The van der Waals surface area contributed by atoms with E-state index < -0.39 is 11.7 Å². The van der Waals surface area contributed by atoms with Crippen LogP contribution in [0.25, 0.3) is 0 Å². The number of oxazole rings is 1. The molecule has 0 radical (unpaired) electrons. The van der Waals surface area contributed by atoms with E-state index in [2.05, 4.69) is 4.98 Å². The van der Waals surface area contributed by atoms with E-state index in [1.54, 1.807) is 19.9 Å². The summed E-state index contributed by atoms with van der Waals surface area (Å²) < 4.78 is 43.1. The first-order valence-electron chi connectivity index (χ1n) is 5.54. The van der Waals surface area contributed by atoms with E-state index in [1.165, 1.54) is 6.07 Å². The Hall–Kier alpha value is -1.94. The van der Waals surface area contributed by atoms with Gasteiger partial charge < -0.3 is 4.42 Å². The maximum absolute atomic E-state index is 12.6. The van der Waals surface area contributed by atoms with Gasteiger partial charge in [-0.2, -0.15) is 18.4 Å². The van der Waals surface area contributed by atoms with E-state index in [0.29, 0.717) is 21.6 Å². The number of halogens is 3. The number of nitriles is 1. The molecule has 2 rings (SSSR count). The first kappa shape index (κ1) is 14.5. The summed E-state index contributed by atoms with van der Waals surface area (Å²) >= 11 is 1.03. The number of benzene rings is 1. The lowest BCUT2D eigenvalue weighted by Crippen LogP contribution is -2.05. The molecule has 0 saturated heterocycles. The fraction of sp³-hybridized carbons (Fsp3) is 0.231. The molecule has 1 aromatic carbocycles. The Morgan fingerprint density at radius 2 is 2.00 bits per heavy atom. The van der Waals surface area contributed by atoms with Crippen LogP contribution in [0.4, 0.5) is 13.2 Å². The van der Waals surface area contributed by atoms with Gasteiger partial charge >= 0.3 is 6.18 Å². The number of aryl methyl sites for hydroxylation is 2. The maximum atomic E-state index is 12.6. The first-order valence-corrected chi connectivity index (χ1v) is 6.36. The first-order chi connectivity index (χ1) is 9.31. The lowest BCUT2D eigenvalue weighted by atomic mass is 10.1. The van der Waals surface area contributed by atoms with Gasteiger partial charge in [-0.05, 0) is 43.8 Å². The van der Waals surface area contributed by atoms with Crippen molar-refractivity contribution in [2.75, 3.05) is 0 Å². The van der Waals surface area contributed by atoms with Gasteiger partial charge in [0.15, 0.2) is 0 Å². The van der Waals surface area contributed by atoms with Gasteiger partial charge in [-0.25, -0.2) is 4.98 Å². The van der Waals surface area contributed by atoms with Gasteiger partial charge in [0.25, 0.3) is 5.22 Å². The summed E-state index contributed by atoms with van der Waals surface area (Å²) in [6.45, 7) is 3.51. The molecule has 0 aliphatic carbocycles. The number of alkyl halides is 3. The van der Waals surface area contributed by atoms with Gasteiger partial charge in [0, 0.05) is 4.90 Å². The van der Waals surface area contributed by atoms with Crippen LogP contribution in [0.1, 0.15) is 22.6 Å². The number of hydrogen-bond acceptors (Lipinski definition) is 4. The summed E-state index contributed by atoms with van der Waals surface area (Å²) in [6.07, 6.45) is -4.47. The molecule has 0 bridgehead atoms. The van der Waals surface area contributed by atoms with Gasteiger partial charge in [-0.15, -0.1) is 0 Å². The van der Waals surface area contributed by atoms with Crippen LogP contribution in [-0.4, -0.2) is 4.98 Å². The number of aromatic nitrogens is 1. The standard InChI is InChI=1S/C13H9F3N2OS/c1-7-8(2)19-12(18-7)20-11-4-3-10(13(14,15)16)5-9(11)6-17/h3-5H,1-2H3. The zero-order chi connectivity index (χ0) is 14.9. The van der Waals surface area contributed by atoms with Crippen molar-refractivity contribution in [1.82, 2.24) is 4.98 Å². The molecule has 1 aromatic heterocycles. The van der Waals surface area contributed by atoms with Crippen molar-refractivity contribution in [2.45, 2.75) is 30.1 Å². The molecule has 20 heavy (non-hydrogen) atoms. The summed E-state index contributed by atoms with van der Waals surface area (Å²) in [7, 11) is 0. The van der Waals surface area contributed by atoms with E-state index in [-0.39, 0.29) is 5.56 Å². The Labute approximate surface area is 117 Å². The van der Waals surface area contributed by atoms with Crippen molar-refractivity contribution < 1.29 is 17.6 Å². The lowest BCUT2D eigenvalue weighted by molar-refractivity contribution is -0.137. The molecule has 0 fully saturated rings. The molecular weight excluding hydrogens is 289 g/mol. The van der Waals surface area contributed by atoms with Crippen molar-refractivity contribution in [1.29, 1.82) is 5.26 Å². The Morgan fingerprint density at radius 1 is 1.30 bits per heavy atom. The van der Waals surface area contributed by atoms with Crippen LogP contribution in [0.5, 0.6) is 0 Å². The molecule has 1 heterocycles. The normalized spacial score (nSPS) is 11.4. The molecule has 7 heteroatoms. The molecule has 0 spiro atoms. The van der Waals surface area contributed by atoms with Crippen LogP contribution < -0.4 is 0 Å². The zero-order valence-electron chi connectivity index (χ0n) is 10.6. The second kappa shape index (κ2) is 5.21. The lowest BCUT2D eigenvalue weighted by Gasteiger charge is -2.08. The molecule has 3 nitrogen and oxygen atoms in total. The van der Waals surface area contributed by atoms with Gasteiger partial charge in [-0.1, -0.05) is 0 Å². The van der Waals surface area contributed by atoms with E-state index in [0.717, 1.165) is 23.9 Å². The minimum atomic E-state index is -4.47. The second-order valence-electron chi connectivity index (χ2n) is 4.04. The minimum Gasteiger partial charge on any atom is -0.436 e. The van der Waals surface area contributed by atoms with E-state index >= 15 is 0 Å². The smallest absolute Gasteiger partial charge is 0.416 e. The fourth-order valence-electron chi connectivity index (χ4n) is 1.46. The quantitative estimate of drug-likeness (QED) is 0.828. The summed E-state index contributed by atoms with van der Waals surface area (Å²) in [5.41, 5.74) is -0.200.